The lowest BCUT2D eigenvalue weighted by molar-refractivity contribution is 0.322. The van der Waals surface area contributed by atoms with Crippen molar-refractivity contribution in [2.24, 2.45) is 0 Å². The Morgan fingerprint density at radius 3 is 2.66 bits per heavy atom. The van der Waals surface area contributed by atoms with E-state index in [1.165, 1.54) is 18.2 Å². The van der Waals surface area contributed by atoms with Gasteiger partial charge < -0.3 is 4.90 Å². The zero-order chi connectivity index (χ0) is 20.2. The van der Waals surface area contributed by atoms with E-state index in [0.717, 1.165) is 52.8 Å². The fourth-order valence-electron chi connectivity index (χ4n) is 3.52. The van der Waals surface area contributed by atoms with Gasteiger partial charge in [-0.3, -0.25) is 10.1 Å². The number of H-pyrrole nitrogens is 1. The second-order valence-electron chi connectivity index (χ2n) is 7.27. The quantitative estimate of drug-likeness (QED) is 0.483. The van der Waals surface area contributed by atoms with Gasteiger partial charge in [0, 0.05) is 29.4 Å². The third-order valence-electron chi connectivity index (χ3n) is 4.95. The normalized spacial score (nSPS) is 11.4. The molecule has 2 aromatic heterocycles. The van der Waals surface area contributed by atoms with E-state index >= 15 is 0 Å². The van der Waals surface area contributed by atoms with Crippen LogP contribution in [0.2, 0.25) is 0 Å². The van der Waals surface area contributed by atoms with Crippen molar-refractivity contribution >= 4 is 10.9 Å². The minimum Gasteiger partial charge on any atom is -0.302 e. The minimum atomic E-state index is -0.256. The SMILES string of the molecule is CN(CCCc1cc(-c2ccc(F)cc2)n[nH]1)Cc1cc(F)cc2cccnc12. The molecule has 0 saturated carbocycles. The van der Waals surface area contributed by atoms with Crippen LogP contribution in [-0.2, 0) is 13.0 Å². The highest BCUT2D eigenvalue weighted by atomic mass is 19.1. The number of aryl methyl sites for hydroxylation is 1. The highest BCUT2D eigenvalue weighted by molar-refractivity contribution is 5.81. The molecule has 6 heteroatoms. The molecule has 0 radical (unpaired) electrons. The van der Waals surface area contributed by atoms with E-state index < -0.39 is 0 Å². The third kappa shape index (κ3) is 4.66. The van der Waals surface area contributed by atoms with E-state index in [9.17, 15) is 8.78 Å². The molecule has 0 aliphatic heterocycles. The molecule has 4 aromatic rings. The number of aromatic nitrogens is 3. The molecule has 4 rings (SSSR count). The molecular formula is C23H22F2N4. The number of pyridine rings is 1. The van der Waals surface area contributed by atoms with Crippen LogP contribution in [0.4, 0.5) is 8.78 Å². The Morgan fingerprint density at radius 1 is 1.00 bits per heavy atom. The second-order valence-corrected chi connectivity index (χ2v) is 7.27. The van der Waals surface area contributed by atoms with Gasteiger partial charge in [0.25, 0.3) is 0 Å². The number of aromatic amines is 1. The van der Waals surface area contributed by atoms with Crippen molar-refractivity contribution in [3.05, 3.63) is 83.7 Å². The molecule has 29 heavy (non-hydrogen) atoms. The maximum atomic E-state index is 13.9. The summed E-state index contributed by atoms with van der Waals surface area (Å²) in [6, 6.07) is 15.1. The van der Waals surface area contributed by atoms with Crippen LogP contribution in [0.1, 0.15) is 17.7 Å². The number of rotatable bonds is 7. The van der Waals surface area contributed by atoms with Crippen LogP contribution in [0.3, 0.4) is 0 Å². The van der Waals surface area contributed by atoms with Gasteiger partial charge in [-0.05, 0) is 80.5 Å². The first-order valence-electron chi connectivity index (χ1n) is 9.60. The summed E-state index contributed by atoms with van der Waals surface area (Å²) < 4.78 is 27.0. The summed E-state index contributed by atoms with van der Waals surface area (Å²) in [5, 5.41) is 8.19. The van der Waals surface area contributed by atoms with Crippen molar-refractivity contribution < 1.29 is 8.78 Å². The van der Waals surface area contributed by atoms with E-state index in [1.807, 2.05) is 25.2 Å². The zero-order valence-electron chi connectivity index (χ0n) is 16.2. The smallest absolute Gasteiger partial charge is 0.124 e. The third-order valence-corrected chi connectivity index (χ3v) is 4.95. The average molecular weight is 392 g/mol. The molecule has 0 aliphatic rings. The Balaban J connectivity index is 1.34. The number of fused-ring (bicyclic) bond motifs is 1. The number of halogens is 2. The minimum absolute atomic E-state index is 0.236. The fraction of sp³-hybridized carbons (Fsp3) is 0.217. The van der Waals surface area contributed by atoms with E-state index in [0.29, 0.717) is 6.54 Å². The first kappa shape index (κ1) is 19.2. The van der Waals surface area contributed by atoms with Gasteiger partial charge in [0.2, 0.25) is 0 Å². The van der Waals surface area contributed by atoms with Gasteiger partial charge in [0.1, 0.15) is 11.6 Å². The van der Waals surface area contributed by atoms with E-state index in [2.05, 4.69) is 20.1 Å². The van der Waals surface area contributed by atoms with Crippen molar-refractivity contribution in [2.45, 2.75) is 19.4 Å². The van der Waals surface area contributed by atoms with Crippen molar-refractivity contribution in [1.29, 1.82) is 0 Å². The number of nitrogens with one attached hydrogen (secondary N) is 1. The summed E-state index contributed by atoms with van der Waals surface area (Å²) in [4.78, 5) is 6.58. The van der Waals surface area contributed by atoms with Crippen molar-refractivity contribution in [3.63, 3.8) is 0 Å². The van der Waals surface area contributed by atoms with Crippen LogP contribution in [0, 0.1) is 11.6 Å². The maximum Gasteiger partial charge on any atom is 0.124 e. The molecular weight excluding hydrogens is 370 g/mol. The highest BCUT2D eigenvalue weighted by Gasteiger charge is 2.09. The lowest BCUT2D eigenvalue weighted by Crippen LogP contribution is -2.20. The summed E-state index contributed by atoms with van der Waals surface area (Å²) >= 11 is 0. The molecule has 0 unspecified atom stereocenters. The second kappa shape index (κ2) is 8.49. The van der Waals surface area contributed by atoms with Crippen molar-refractivity contribution in [1.82, 2.24) is 20.1 Å². The molecule has 0 spiro atoms. The molecule has 0 atom stereocenters. The van der Waals surface area contributed by atoms with Crippen LogP contribution >= 0.6 is 0 Å². The van der Waals surface area contributed by atoms with Gasteiger partial charge in [-0.1, -0.05) is 6.07 Å². The van der Waals surface area contributed by atoms with Crippen molar-refractivity contribution in [2.75, 3.05) is 13.6 Å². The van der Waals surface area contributed by atoms with Gasteiger partial charge in [-0.25, -0.2) is 8.78 Å². The molecule has 0 bridgehead atoms. The number of nitrogens with zero attached hydrogens (tertiary/aromatic N) is 3. The van der Waals surface area contributed by atoms with Crippen LogP contribution in [-0.4, -0.2) is 33.7 Å². The highest BCUT2D eigenvalue weighted by Crippen LogP contribution is 2.21. The summed E-state index contributed by atoms with van der Waals surface area (Å²) in [7, 11) is 2.02. The Labute approximate surface area is 168 Å². The van der Waals surface area contributed by atoms with Crippen molar-refractivity contribution in [3.8, 4) is 11.3 Å². The first-order chi connectivity index (χ1) is 14.1. The van der Waals surface area contributed by atoms with Crippen LogP contribution in [0.25, 0.3) is 22.2 Å². The average Bonchev–Trinajstić information content (AvgIpc) is 3.17. The predicted molar refractivity (Wildman–Crippen MR) is 110 cm³/mol. The Bertz CT molecular complexity index is 1110. The number of hydrogen-bond donors (Lipinski definition) is 1. The van der Waals surface area contributed by atoms with Crippen LogP contribution in [0.15, 0.2) is 60.8 Å². The summed E-state index contributed by atoms with van der Waals surface area (Å²) in [6.07, 6.45) is 3.52. The first-order valence-corrected chi connectivity index (χ1v) is 9.60. The Kier molecular flexibility index (Phi) is 5.62. The fourth-order valence-corrected chi connectivity index (χ4v) is 3.52. The summed E-state index contributed by atoms with van der Waals surface area (Å²) in [5.41, 5.74) is 4.47. The molecule has 2 aromatic carbocycles. The number of hydrogen-bond acceptors (Lipinski definition) is 3. The Morgan fingerprint density at radius 2 is 1.83 bits per heavy atom. The van der Waals surface area contributed by atoms with Gasteiger partial charge in [0.05, 0.1) is 11.2 Å². The number of benzene rings is 2. The lowest BCUT2D eigenvalue weighted by Gasteiger charge is -2.17. The maximum absolute atomic E-state index is 13.9. The molecule has 4 nitrogen and oxygen atoms in total. The molecule has 2 heterocycles. The Hall–Kier alpha value is -3.12. The largest absolute Gasteiger partial charge is 0.302 e. The van der Waals surface area contributed by atoms with Gasteiger partial charge in [0.15, 0.2) is 0 Å². The molecule has 0 aliphatic carbocycles. The van der Waals surface area contributed by atoms with Gasteiger partial charge >= 0.3 is 0 Å². The van der Waals surface area contributed by atoms with E-state index in [-0.39, 0.29) is 11.6 Å². The molecule has 0 fully saturated rings. The molecule has 0 amide bonds. The predicted octanol–water partition coefficient (Wildman–Crippen LogP) is 4.97. The monoisotopic (exact) mass is 392 g/mol. The van der Waals surface area contributed by atoms with Gasteiger partial charge in [-0.2, -0.15) is 5.10 Å². The summed E-state index contributed by atoms with van der Waals surface area (Å²) in [5.74, 6) is -0.492. The zero-order valence-corrected chi connectivity index (χ0v) is 16.2. The molecule has 1 N–H and O–H groups in total. The van der Waals surface area contributed by atoms with Crippen LogP contribution in [0.5, 0.6) is 0 Å². The topological polar surface area (TPSA) is 44.8 Å². The standard InChI is InChI=1S/C23H22F2N4/c1-29(15-18-13-20(25)12-17-4-2-10-26-23(17)18)11-3-5-21-14-22(28-27-21)16-6-8-19(24)9-7-16/h2,4,6-10,12-14H,3,5,11,15H2,1H3,(H,27,28). The lowest BCUT2D eigenvalue weighted by atomic mass is 10.1. The summed E-state index contributed by atoms with van der Waals surface area (Å²) in [6.45, 7) is 1.49. The molecule has 0 saturated heterocycles. The molecule has 148 valence electrons. The van der Waals surface area contributed by atoms with E-state index in [4.69, 9.17) is 0 Å². The van der Waals surface area contributed by atoms with Gasteiger partial charge in [-0.15, -0.1) is 0 Å². The van der Waals surface area contributed by atoms with E-state index in [1.54, 1.807) is 24.4 Å². The van der Waals surface area contributed by atoms with Crippen LogP contribution < -0.4 is 0 Å².